The maximum atomic E-state index is 12.1. The maximum absolute atomic E-state index is 12.1. The van der Waals surface area contributed by atoms with E-state index in [2.05, 4.69) is 21.2 Å². The first-order valence-electron chi connectivity index (χ1n) is 6.16. The van der Waals surface area contributed by atoms with Crippen molar-refractivity contribution < 1.29 is 9.53 Å². The molecule has 1 saturated heterocycles. The maximum Gasteiger partial charge on any atom is 0.260 e. The van der Waals surface area contributed by atoms with Gasteiger partial charge < -0.3 is 15.0 Å². The van der Waals surface area contributed by atoms with Crippen LogP contribution >= 0.6 is 27.5 Å². The fraction of sp³-hybridized carbons (Fsp3) is 0.462. The highest BCUT2D eigenvalue weighted by molar-refractivity contribution is 9.10. The highest BCUT2D eigenvalue weighted by atomic mass is 79.9. The van der Waals surface area contributed by atoms with Gasteiger partial charge in [-0.05, 0) is 25.1 Å². The molecule has 1 aliphatic rings. The second-order valence-electron chi connectivity index (χ2n) is 4.50. The summed E-state index contributed by atoms with van der Waals surface area (Å²) in [5, 5.41) is 3.74. The summed E-state index contributed by atoms with van der Waals surface area (Å²) in [6.45, 7) is 4.42. The number of hydrogen-bond acceptors (Lipinski definition) is 3. The fourth-order valence-electron chi connectivity index (χ4n) is 2.03. The SMILES string of the molecule is C[C@@H]1CNCCN1C(=O)COc1ccc(Br)cc1Cl. The number of rotatable bonds is 3. The predicted octanol–water partition coefficient (Wildman–Crippen LogP) is 2.30. The minimum Gasteiger partial charge on any atom is -0.482 e. The molecule has 6 heteroatoms. The third-order valence-corrected chi connectivity index (χ3v) is 3.86. The van der Waals surface area contributed by atoms with E-state index in [9.17, 15) is 4.79 Å². The highest BCUT2D eigenvalue weighted by Gasteiger charge is 2.23. The molecule has 1 aromatic rings. The smallest absolute Gasteiger partial charge is 0.260 e. The second kappa shape index (κ2) is 6.59. The van der Waals surface area contributed by atoms with Gasteiger partial charge in [-0.25, -0.2) is 0 Å². The molecule has 1 aromatic carbocycles. The van der Waals surface area contributed by atoms with Crippen LogP contribution in [0.3, 0.4) is 0 Å². The molecule has 0 aromatic heterocycles. The Kier molecular flexibility index (Phi) is 5.07. The zero-order valence-corrected chi connectivity index (χ0v) is 13.0. The van der Waals surface area contributed by atoms with Gasteiger partial charge in [0.15, 0.2) is 6.61 Å². The summed E-state index contributed by atoms with van der Waals surface area (Å²) in [7, 11) is 0. The topological polar surface area (TPSA) is 41.6 Å². The quantitative estimate of drug-likeness (QED) is 0.912. The molecule has 1 aliphatic heterocycles. The van der Waals surface area contributed by atoms with Crippen LogP contribution in [0.2, 0.25) is 5.02 Å². The lowest BCUT2D eigenvalue weighted by Crippen LogP contribution is -2.53. The van der Waals surface area contributed by atoms with Gasteiger partial charge in [0.25, 0.3) is 5.91 Å². The number of halogens is 2. The first kappa shape index (κ1) is 14.6. The van der Waals surface area contributed by atoms with Crippen LogP contribution in [0.15, 0.2) is 22.7 Å². The Hall–Kier alpha value is -0.780. The third kappa shape index (κ3) is 3.84. The molecule has 0 spiro atoms. The van der Waals surface area contributed by atoms with Gasteiger partial charge in [-0.15, -0.1) is 0 Å². The van der Waals surface area contributed by atoms with Gasteiger partial charge in [-0.3, -0.25) is 4.79 Å². The molecule has 1 heterocycles. The van der Waals surface area contributed by atoms with Crippen molar-refractivity contribution >= 4 is 33.4 Å². The van der Waals surface area contributed by atoms with Gasteiger partial charge in [0, 0.05) is 30.1 Å². The first-order valence-corrected chi connectivity index (χ1v) is 7.33. The average molecular weight is 348 g/mol. The Morgan fingerprint density at radius 1 is 1.63 bits per heavy atom. The van der Waals surface area contributed by atoms with Crippen molar-refractivity contribution in [3.63, 3.8) is 0 Å². The van der Waals surface area contributed by atoms with Gasteiger partial charge in [0.1, 0.15) is 5.75 Å². The Morgan fingerprint density at radius 3 is 3.11 bits per heavy atom. The number of hydrogen-bond donors (Lipinski definition) is 1. The summed E-state index contributed by atoms with van der Waals surface area (Å²) in [6, 6.07) is 5.53. The Morgan fingerprint density at radius 2 is 2.42 bits per heavy atom. The Bertz CT molecular complexity index is 470. The van der Waals surface area contributed by atoms with Crippen molar-refractivity contribution in [1.82, 2.24) is 10.2 Å². The summed E-state index contributed by atoms with van der Waals surface area (Å²) in [4.78, 5) is 13.9. The van der Waals surface area contributed by atoms with Crippen LogP contribution < -0.4 is 10.1 Å². The van der Waals surface area contributed by atoms with Crippen LogP contribution in [0, 0.1) is 0 Å². The Labute approximate surface area is 126 Å². The molecule has 1 atom stereocenters. The molecule has 0 bridgehead atoms. The number of benzene rings is 1. The molecule has 1 fully saturated rings. The van der Waals surface area contributed by atoms with Gasteiger partial charge >= 0.3 is 0 Å². The van der Waals surface area contributed by atoms with E-state index in [1.807, 2.05) is 17.9 Å². The molecule has 1 N–H and O–H groups in total. The number of piperazine rings is 1. The number of carbonyl (C=O) groups is 1. The van der Waals surface area contributed by atoms with Crippen LogP contribution in [0.25, 0.3) is 0 Å². The van der Waals surface area contributed by atoms with Crippen molar-refractivity contribution in [3.8, 4) is 5.75 Å². The minimum atomic E-state index is -0.00649. The van der Waals surface area contributed by atoms with Crippen molar-refractivity contribution in [3.05, 3.63) is 27.7 Å². The van der Waals surface area contributed by atoms with E-state index < -0.39 is 0 Å². The van der Waals surface area contributed by atoms with E-state index in [0.29, 0.717) is 10.8 Å². The molecule has 0 unspecified atom stereocenters. The van der Waals surface area contributed by atoms with E-state index in [4.69, 9.17) is 16.3 Å². The summed E-state index contributed by atoms with van der Waals surface area (Å²) in [5.41, 5.74) is 0. The molecule has 4 nitrogen and oxygen atoms in total. The number of nitrogens with zero attached hydrogens (tertiary/aromatic N) is 1. The highest BCUT2D eigenvalue weighted by Crippen LogP contribution is 2.27. The lowest BCUT2D eigenvalue weighted by molar-refractivity contribution is -0.136. The molecular weight excluding hydrogens is 332 g/mol. The zero-order valence-electron chi connectivity index (χ0n) is 10.7. The number of nitrogens with one attached hydrogen (secondary N) is 1. The summed E-state index contributed by atoms with van der Waals surface area (Å²) >= 11 is 9.36. The predicted molar refractivity (Wildman–Crippen MR) is 78.7 cm³/mol. The molecule has 1 amide bonds. The molecular formula is C13H16BrClN2O2. The molecule has 104 valence electrons. The lowest BCUT2D eigenvalue weighted by atomic mass is 10.2. The van der Waals surface area contributed by atoms with Crippen LogP contribution in [-0.4, -0.2) is 43.1 Å². The van der Waals surface area contributed by atoms with E-state index in [1.165, 1.54) is 0 Å². The zero-order chi connectivity index (χ0) is 13.8. The van der Waals surface area contributed by atoms with E-state index in [1.54, 1.807) is 12.1 Å². The number of carbonyl (C=O) groups excluding carboxylic acids is 1. The number of amides is 1. The summed E-state index contributed by atoms with van der Waals surface area (Å²) < 4.78 is 6.37. The standard InChI is InChI=1S/C13H16BrClN2O2/c1-9-7-16-4-5-17(9)13(18)8-19-12-3-2-10(14)6-11(12)15/h2-3,6,9,16H,4-5,7-8H2,1H3/t9-/m1/s1. The van der Waals surface area contributed by atoms with Crippen LogP contribution in [0.4, 0.5) is 0 Å². The minimum absolute atomic E-state index is 0.00649. The van der Waals surface area contributed by atoms with Gasteiger partial charge in [0.2, 0.25) is 0 Å². The second-order valence-corrected chi connectivity index (χ2v) is 5.83. The van der Waals surface area contributed by atoms with Crippen molar-refractivity contribution in [1.29, 1.82) is 0 Å². The Balaban J connectivity index is 1.92. The van der Waals surface area contributed by atoms with Crippen molar-refractivity contribution in [2.24, 2.45) is 0 Å². The van der Waals surface area contributed by atoms with Crippen LogP contribution in [0.5, 0.6) is 5.75 Å². The normalized spacial score (nSPS) is 19.3. The average Bonchev–Trinajstić information content (AvgIpc) is 2.38. The van der Waals surface area contributed by atoms with E-state index in [-0.39, 0.29) is 18.6 Å². The van der Waals surface area contributed by atoms with Crippen molar-refractivity contribution in [2.45, 2.75) is 13.0 Å². The van der Waals surface area contributed by atoms with Gasteiger partial charge in [0.05, 0.1) is 5.02 Å². The third-order valence-electron chi connectivity index (χ3n) is 3.07. The van der Waals surface area contributed by atoms with Gasteiger partial charge in [-0.1, -0.05) is 27.5 Å². The monoisotopic (exact) mass is 346 g/mol. The fourth-order valence-corrected chi connectivity index (χ4v) is 2.75. The molecule has 0 saturated carbocycles. The lowest BCUT2D eigenvalue weighted by Gasteiger charge is -2.33. The number of ether oxygens (including phenoxy) is 1. The molecule has 19 heavy (non-hydrogen) atoms. The largest absolute Gasteiger partial charge is 0.482 e. The molecule has 2 rings (SSSR count). The summed E-state index contributed by atoms with van der Waals surface area (Å²) in [6.07, 6.45) is 0. The first-order chi connectivity index (χ1) is 9.08. The van der Waals surface area contributed by atoms with E-state index in [0.717, 1.165) is 24.1 Å². The summed E-state index contributed by atoms with van der Waals surface area (Å²) in [5.74, 6) is 0.522. The van der Waals surface area contributed by atoms with Crippen LogP contribution in [0.1, 0.15) is 6.92 Å². The molecule has 0 aliphatic carbocycles. The van der Waals surface area contributed by atoms with Crippen LogP contribution in [-0.2, 0) is 4.79 Å². The van der Waals surface area contributed by atoms with Gasteiger partial charge in [-0.2, -0.15) is 0 Å². The van der Waals surface area contributed by atoms with Crippen molar-refractivity contribution in [2.75, 3.05) is 26.2 Å². The van der Waals surface area contributed by atoms with E-state index >= 15 is 0 Å². The molecule has 0 radical (unpaired) electrons.